The van der Waals surface area contributed by atoms with E-state index in [0.29, 0.717) is 5.41 Å². The molecule has 0 aliphatic carbocycles. The van der Waals surface area contributed by atoms with E-state index in [4.69, 9.17) is 4.42 Å². The average Bonchev–Trinajstić information content (AvgIpc) is 2.90. The number of rotatable bonds is 6. The Bertz CT molecular complexity index is 315. The van der Waals surface area contributed by atoms with Gasteiger partial charge in [0.1, 0.15) is 5.76 Å². The van der Waals surface area contributed by atoms with Crippen molar-refractivity contribution in [3.63, 3.8) is 0 Å². The van der Waals surface area contributed by atoms with Crippen LogP contribution in [0.25, 0.3) is 0 Å². The van der Waals surface area contributed by atoms with Gasteiger partial charge in [0, 0.05) is 13.1 Å². The molecule has 1 unspecified atom stereocenters. The second kappa shape index (κ2) is 5.69. The van der Waals surface area contributed by atoms with Crippen molar-refractivity contribution < 1.29 is 4.42 Å². The maximum absolute atomic E-state index is 5.40. The SMILES string of the molecule is CCCC1(CN(C)Cc2ccco2)CCNC1. The van der Waals surface area contributed by atoms with Crippen LogP contribution in [0.5, 0.6) is 0 Å². The van der Waals surface area contributed by atoms with Crippen LogP contribution in [-0.2, 0) is 6.54 Å². The molecule has 0 radical (unpaired) electrons. The lowest BCUT2D eigenvalue weighted by atomic mass is 9.82. The van der Waals surface area contributed by atoms with Gasteiger partial charge in [0.25, 0.3) is 0 Å². The summed E-state index contributed by atoms with van der Waals surface area (Å²) in [4.78, 5) is 2.39. The molecule has 1 saturated heterocycles. The minimum Gasteiger partial charge on any atom is -0.468 e. The fraction of sp³-hybridized carbons (Fsp3) is 0.714. The van der Waals surface area contributed by atoms with Crippen LogP contribution in [0.3, 0.4) is 0 Å². The van der Waals surface area contributed by atoms with Gasteiger partial charge in [-0.1, -0.05) is 13.3 Å². The van der Waals surface area contributed by atoms with Gasteiger partial charge in [-0.25, -0.2) is 0 Å². The fourth-order valence-electron chi connectivity index (χ4n) is 3.05. The molecule has 0 aromatic carbocycles. The van der Waals surface area contributed by atoms with Gasteiger partial charge in [-0.2, -0.15) is 0 Å². The monoisotopic (exact) mass is 236 g/mol. The van der Waals surface area contributed by atoms with E-state index in [1.165, 1.54) is 32.4 Å². The van der Waals surface area contributed by atoms with Gasteiger partial charge in [0.05, 0.1) is 12.8 Å². The molecule has 17 heavy (non-hydrogen) atoms. The lowest BCUT2D eigenvalue weighted by Crippen LogP contribution is -2.37. The van der Waals surface area contributed by atoms with Gasteiger partial charge in [-0.15, -0.1) is 0 Å². The van der Waals surface area contributed by atoms with E-state index >= 15 is 0 Å². The molecule has 1 N–H and O–H groups in total. The molecule has 1 aliphatic heterocycles. The standard InChI is InChI=1S/C14H24N2O/c1-3-6-14(7-8-15-11-14)12-16(2)10-13-5-4-9-17-13/h4-5,9,15H,3,6-8,10-12H2,1-2H3. The summed E-state index contributed by atoms with van der Waals surface area (Å²) in [7, 11) is 2.19. The Kier molecular flexibility index (Phi) is 4.24. The quantitative estimate of drug-likeness (QED) is 0.822. The first-order chi connectivity index (χ1) is 8.24. The molecule has 1 fully saturated rings. The van der Waals surface area contributed by atoms with Gasteiger partial charge < -0.3 is 9.73 Å². The number of nitrogens with zero attached hydrogens (tertiary/aromatic N) is 1. The third-order valence-corrected chi connectivity index (χ3v) is 3.72. The smallest absolute Gasteiger partial charge is 0.117 e. The summed E-state index contributed by atoms with van der Waals surface area (Å²) in [6, 6.07) is 4.01. The molecule has 2 rings (SSSR count). The molecule has 1 aromatic heterocycles. The molecule has 2 heterocycles. The van der Waals surface area contributed by atoms with E-state index in [1.54, 1.807) is 6.26 Å². The molecule has 1 aromatic rings. The van der Waals surface area contributed by atoms with Crippen LogP contribution in [-0.4, -0.2) is 31.6 Å². The summed E-state index contributed by atoms with van der Waals surface area (Å²) in [5.74, 6) is 1.06. The van der Waals surface area contributed by atoms with Gasteiger partial charge in [-0.05, 0) is 44.0 Å². The predicted molar refractivity (Wildman–Crippen MR) is 69.9 cm³/mol. The summed E-state index contributed by atoms with van der Waals surface area (Å²) in [6.07, 6.45) is 5.66. The first-order valence-electron chi connectivity index (χ1n) is 6.66. The molecule has 3 nitrogen and oxygen atoms in total. The van der Waals surface area contributed by atoms with Crippen molar-refractivity contribution in [3.05, 3.63) is 24.2 Å². The van der Waals surface area contributed by atoms with E-state index in [1.807, 2.05) is 6.07 Å². The third-order valence-electron chi connectivity index (χ3n) is 3.72. The highest BCUT2D eigenvalue weighted by Crippen LogP contribution is 2.32. The Morgan fingerprint density at radius 2 is 2.41 bits per heavy atom. The number of hydrogen-bond donors (Lipinski definition) is 1. The second-order valence-electron chi connectivity index (χ2n) is 5.43. The van der Waals surface area contributed by atoms with Gasteiger partial charge in [-0.3, -0.25) is 4.90 Å². The predicted octanol–water partition coefficient (Wildman–Crippen LogP) is 2.49. The molecule has 0 bridgehead atoms. The average molecular weight is 236 g/mol. The minimum absolute atomic E-state index is 0.482. The van der Waals surface area contributed by atoms with Crippen LogP contribution in [0.15, 0.2) is 22.8 Å². The molecule has 0 saturated carbocycles. The maximum atomic E-state index is 5.40. The Morgan fingerprint density at radius 3 is 3.00 bits per heavy atom. The zero-order chi connectivity index (χ0) is 12.1. The van der Waals surface area contributed by atoms with E-state index < -0.39 is 0 Å². The third kappa shape index (κ3) is 3.33. The number of nitrogens with one attached hydrogen (secondary N) is 1. The molecule has 1 atom stereocenters. The first-order valence-corrected chi connectivity index (χ1v) is 6.66. The van der Waals surface area contributed by atoms with Gasteiger partial charge in [0.15, 0.2) is 0 Å². The van der Waals surface area contributed by atoms with Crippen molar-refractivity contribution in [1.29, 1.82) is 0 Å². The highest BCUT2D eigenvalue weighted by molar-refractivity contribution is 4.98. The highest BCUT2D eigenvalue weighted by atomic mass is 16.3. The zero-order valence-electron chi connectivity index (χ0n) is 11.0. The Balaban J connectivity index is 1.89. The lowest BCUT2D eigenvalue weighted by Gasteiger charge is -2.32. The Labute approximate surface area is 104 Å². The van der Waals surface area contributed by atoms with Gasteiger partial charge in [0.2, 0.25) is 0 Å². The topological polar surface area (TPSA) is 28.4 Å². The van der Waals surface area contributed by atoms with Crippen LogP contribution in [0, 0.1) is 5.41 Å². The van der Waals surface area contributed by atoms with Crippen LogP contribution >= 0.6 is 0 Å². The summed E-state index contributed by atoms with van der Waals surface area (Å²) in [6.45, 7) is 6.71. The van der Waals surface area contributed by atoms with E-state index in [9.17, 15) is 0 Å². The van der Waals surface area contributed by atoms with Crippen LogP contribution in [0.1, 0.15) is 31.9 Å². The summed E-state index contributed by atoms with van der Waals surface area (Å²) in [5.41, 5.74) is 0.482. The zero-order valence-corrected chi connectivity index (χ0v) is 11.0. The van der Waals surface area contributed by atoms with E-state index in [2.05, 4.69) is 30.3 Å². The largest absolute Gasteiger partial charge is 0.468 e. The second-order valence-corrected chi connectivity index (χ2v) is 5.43. The Hall–Kier alpha value is -0.800. The van der Waals surface area contributed by atoms with Crippen molar-refractivity contribution in [2.24, 2.45) is 5.41 Å². The van der Waals surface area contributed by atoms with Crippen molar-refractivity contribution in [2.45, 2.75) is 32.7 Å². The van der Waals surface area contributed by atoms with E-state index in [0.717, 1.165) is 18.8 Å². The maximum Gasteiger partial charge on any atom is 0.117 e. The fourth-order valence-corrected chi connectivity index (χ4v) is 3.05. The minimum atomic E-state index is 0.482. The van der Waals surface area contributed by atoms with Crippen molar-refractivity contribution in [3.8, 4) is 0 Å². The van der Waals surface area contributed by atoms with Crippen LogP contribution in [0.2, 0.25) is 0 Å². The molecule has 0 spiro atoms. The molecular formula is C14H24N2O. The number of furan rings is 1. The Morgan fingerprint density at radius 1 is 1.53 bits per heavy atom. The molecule has 1 aliphatic rings. The van der Waals surface area contributed by atoms with Crippen LogP contribution in [0.4, 0.5) is 0 Å². The van der Waals surface area contributed by atoms with Gasteiger partial charge >= 0.3 is 0 Å². The summed E-state index contributed by atoms with van der Waals surface area (Å²) in [5, 5.41) is 3.51. The normalized spacial score (nSPS) is 24.6. The molecule has 3 heteroatoms. The molecular weight excluding hydrogens is 212 g/mol. The molecule has 96 valence electrons. The number of hydrogen-bond acceptors (Lipinski definition) is 3. The summed E-state index contributed by atoms with van der Waals surface area (Å²) >= 11 is 0. The van der Waals surface area contributed by atoms with Crippen molar-refractivity contribution in [1.82, 2.24) is 10.2 Å². The molecule has 0 amide bonds. The van der Waals surface area contributed by atoms with E-state index in [-0.39, 0.29) is 0 Å². The first kappa shape index (κ1) is 12.7. The highest BCUT2D eigenvalue weighted by Gasteiger charge is 2.33. The lowest BCUT2D eigenvalue weighted by molar-refractivity contribution is 0.165. The summed E-state index contributed by atoms with van der Waals surface area (Å²) < 4.78 is 5.40. The van der Waals surface area contributed by atoms with Crippen molar-refractivity contribution >= 4 is 0 Å². The van der Waals surface area contributed by atoms with Crippen LogP contribution < -0.4 is 5.32 Å². The van der Waals surface area contributed by atoms with Crippen molar-refractivity contribution in [2.75, 3.05) is 26.7 Å².